The number of amides is 1. The van der Waals surface area contributed by atoms with Gasteiger partial charge in [-0.1, -0.05) is 19.1 Å². The fraction of sp³-hybridized carbons (Fsp3) is 0.462. The molecule has 0 bridgehead atoms. The Morgan fingerprint density at radius 1 is 1.50 bits per heavy atom. The van der Waals surface area contributed by atoms with Crippen LogP contribution in [0.15, 0.2) is 28.7 Å². The Morgan fingerprint density at radius 3 is 2.78 bits per heavy atom. The van der Waals surface area contributed by atoms with Crippen molar-refractivity contribution in [3.8, 4) is 0 Å². The van der Waals surface area contributed by atoms with E-state index in [1.54, 1.807) is 4.90 Å². The van der Waals surface area contributed by atoms with Crippen LogP contribution in [0.5, 0.6) is 0 Å². The number of likely N-dealkylation sites (N-methyl/N-ethyl adjacent to an activating group) is 1. The monoisotopic (exact) mass is 314 g/mol. The van der Waals surface area contributed by atoms with Crippen LogP contribution in [0.25, 0.3) is 0 Å². The third kappa shape index (κ3) is 5.16. The van der Waals surface area contributed by atoms with Gasteiger partial charge >= 0.3 is 0 Å². The Balaban J connectivity index is 2.45. The zero-order chi connectivity index (χ0) is 13.5. The van der Waals surface area contributed by atoms with Gasteiger partial charge in [-0.05, 0) is 41.5 Å². The second kappa shape index (κ2) is 7.51. The van der Waals surface area contributed by atoms with Gasteiger partial charge in [0.2, 0.25) is 5.91 Å². The van der Waals surface area contributed by atoms with Crippen molar-refractivity contribution >= 4 is 27.5 Å². The van der Waals surface area contributed by atoms with E-state index in [0.29, 0.717) is 13.0 Å². The lowest BCUT2D eigenvalue weighted by Gasteiger charge is -2.19. The molecule has 0 unspecified atom stereocenters. The molecule has 1 aromatic carbocycles. The van der Waals surface area contributed by atoms with Crippen molar-refractivity contribution in [2.45, 2.75) is 19.4 Å². The number of anilines is 1. The summed E-state index contributed by atoms with van der Waals surface area (Å²) in [4.78, 5) is 13.6. The summed E-state index contributed by atoms with van der Waals surface area (Å²) in [6.07, 6.45) is 0.308. The van der Waals surface area contributed by atoms with Crippen molar-refractivity contribution in [1.29, 1.82) is 0 Å². The van der Waals surface area contributed by atoms with E-state index < -0.39 is 0 Å². The number of halogens is 1. The molecule has 18 heavy (non-hydrogen) atoms. The molecule has 0 fully saturated rings. The summed E-state index contributed by atoms with van der Waals surface area (Å²) in [5.74, 6) is -0.0901. The van der Waals surface area contributed by atoms with E-state index in [2.05, 4.69) is 21.2 Å². The van der Waals surface area contributed by atoms with Gasteiger partial charge in [0.25, 0.3) is 0 Å². The van der Waals surface area contributed by atoms with Crippen LogP contribution in [0.2, 0.25) is 0 Å². The molecular weight excluding hydrogens is 296 g/mol. The molecule has 0 heterocycles. The minimum Gasteiger partial charge on any atom is -0.392 e. The third-order valence-corrected chi connectivity index (χ3v) is 3.25. The van der Waals surface area contributed by atoms with Crippen molar-refractivity contribution in [2.24, 2.45) is 0 Å². The first-order chi connectivity index (χ1) is 8.52. The highest BCUT2D eigenvalue weighted by Crippen LogP contribution is 2.20. The Morgan fingerprint density at radius 2 is 2.17 bits per heavy atom. The van der Waals surface area contributed by atoms with E-state index in [-0.39, 0.29) is 18.6 Å². The van der Waals surface area contributed by atoms with Crippen molar-refractivity contribution in [2.75, 3.05) is 25.5 Å². The molecule has 4 nitrogen and oxygen atoms in total. The van der Waals surface area contributed by atoms with Gasteiger partial charge in [-0.25, -0.2) is 0 Å². The maximum atomic E-state index is 11.8. The van der Waals surface area contributed by atoms with Crippen LogP contribution in [0.4, 0.5) is 5.69 Å². The van der Waals surface area contributed by atoms with Crippen LogP contribution in [-0.4, -0.2) is 42.2 Å². The molecule has 1 aromatic rings. The van der Waals surface area contributed by atoms with E-state index in [0.717, 1.165) is 10.2 Å². The highest BCUT2D eigenvalue weighted by Gasteiger charge is 2.11. The normalized spacial score (nSPS) is 12.5. The number of benzene rings is 1. The number of nitrogens with one attached hydrogen (secondary N) is 1. The zero-order valence-corrected chi connectivity index (χ0v) is 12.3. The summed E-state index contributed by atoms with van der Waals surface area (Å²) in [6, 6.07) is 7.47. The van der Waals surface area contributed by atoms with E-state index in [1.165, 1.54) is 0 Å². The van der Waals surface area contributed by atoms with Crippen molar-refractivity contribution in [3.63, 3.8) is 0 Å². The van der Waals surface area contributed by atoms with Crippen molar-refractivity contribution in [3.05, 3.63) is 28.7 Å². The van der Waals surface area contributed by atoms with E-state index >= 15 is 0 Å². The second-order valence-electron chi connectivity index (χ2n) is 4.29. The second-order valence-corrected chi connectivity index (χ2v) is 5.14. The molecule has 0 aliphatic rings. The van der Waals surface area contributed by atoms with Crippen LogP contribution in [0.1, 0.15) is 13.3 Å². The summed E-state index contributed by atoms with van der Waals surface area (Å²) in [5.41, 5.74) is 0.756. The number of hydrogen-bond donors (Lipinski definition) is 2. The summed E-state index contributed by atoms with van der Waals surface area (Å²) in [7, 11) is 1.82. The predicted molar refractivity (Wildman–Crippen MR) is 76.6 cm³/mol. The SMILES string of the molecule is CC[C@@H](O)CN(C)CC(=O)Nc1ccccc1Br. The van der Waals surface area contributed by atoms with Crippen molar-refractivity contribution in [1.82, 2.24) is 4.90 Å². The zero-order valence-electron chi connectivity index (χ0n) is 10.7. The summed E-state index contributed by atoms with van der Waals surface area (Å²) < 4.78 is 0.856. The molecule has 0 spiro atoms. The fourth-order valence-electron chi connectivity index (χ4n) is 1.55. The van der Waals surface area contributed by atoms with Crippen LogP contribution in [-0.2, 0) is 4.79 Å². The smallest absolute Gasteiger partial charge is 0.238 e. The standard InChI is InChI=1S/C13H19BrN2O2/c1-3-10(17)8-16(2)9-13(18)15-12-7-5-4-6-11(12)14/h4-7,10,17H,3,8-9H2,1-2H3,(H,15,18)/t10-/m1/s1. The molecule has 2 N–H and O–H groups in total. The Bertz CT molecular complexity index is 398. The minimum atomic E-state index is -0.383. The molecule has 100 valence electrons. The summed E-state index contributed by atoms with van der Waals surface area (Å²) >= 11 is 3.37. The van der Waals surface area contributed by atoms with Gasteiger partial charge in [0.05, 0.1) is 18.3 Å². The van der Waals surface area contributed by atoms with Gasteiger partial charge in [0.15, 0.2) is 0 Å². The molecule has 5 heteroatoms. The van der Waals surface area contributed by atoms with Gasteiger partial charge in [-0.3, -0.25) is 9.69 Å². The number of carbonyl (C=O) groups is 1. The largest absolute Gasteiger partial charge is 0.392 e. The summed E-state index contributed by atoms with van der Waals surface area (Å²) in [5, 5.41) is 12.3. The van der Waals surface area contributed by atoms with Crippen molar-refractivity contribution < 1.29 is 9.90 Å². The molecular formula is C13H19BrN2O2. The maximum Gasteiger partial charge on any atom is 0.238 e. The molecule has 0 saturated heterocycles. The lowest BCUT2D eigenvalue weighted by atomic mass is 10.2. The van der Waals surface area contributed by atoms with Gasteiger partial charge < -0.3 is 10.4 Å². The Kier molecular flexibility index (Phi) is 6.32. The molecule has 0 aromatic heterocycles. The number of nitrogens with zero attached hydrogens (tertiary/aromatic N) is 1. The van der Waals surface area contributed by atoms with Gasteiger partial charge in [-0.15, -0.1) is 0 Å². The third-order valence-electron chi connectivity index (χ3n) is 2.56. The van der Waals surface area contributed by atoms with Crippen LogP contribution >= 0.6 is 15.9 Å². The molecule has 1 atom stereocenters. The topological polar surface area (TPSA) is 52.6 Å². The number of aliphatic hydroxyl groups is 1. The number of carbonyl (C=O) groups excluding carboxylic acids is 1. The molecule has 1 amide bonds. The average molecular weight is 315 g/mol. The maximum absolute atomic E-state index is 11.8. The van der Waals surface area contributed by atoms with E-state index in [9.17, 15) is 9.90 Å². The number of hydrogen-bond acceptors (Lipinski definition) is 3. The van der Waals surface area contributed by atoms with Gasteiger partial charge in [-0.2, -0.15) is 0 Å². The highest BCUT2D eigenvalue weighted by atomic mass is 79.9. The first-order valence-corrected chi connectivity index (χ1v) is 6.73. The van der Waals surface area contributed by atoms with Crippen LogP contribution < -0.4 is 5.32 Å². The average Bonchev–Trinajstić information content (AvgIpc) is 2.31. The van der Waals surface area contributed by atoms with Gasteiger partial charge in [0.1, 0.15) is 0 Å². The quantitative estimate of drug-likeness (QED) is 0.845. The number of para-hydroxylation sites is 1. The Hall–Kier alpha value is -0.910. The summed E-state index contributed by atoms with van der Waals surface area (Å²) in [6.45, 7) is 2.68. The van der Waals surface area contributed by atoms with E-state index in [4.69, 9.17) is 0 Å². The molecule has 0 saturated carbocycles. The Labute approximate surface area is 116 Å². The lowest BCUT2D eigenvalue weighted by Crippen LogP contribution is -2.35. The number of aliphatic hydroxyl groups excluding tert-OH is 1. The van der Waals surface area contributed by atoms with Crippen LogP contribution in [0.3, 0.4) is 0 Å². The molecule has 0 aliphatic heterocycles. The fourth-order valence-corrected chi connectivity index (χ4v) is 1.93. The van der Waals surface area contributed by atoms with E-state index in [1.807, 2.05) is 38.2 Å². The number of rotatable bonds is 6. The lowest BCUT2D eigenvalue weighted by molar-refractivity contribution is -0.117. The molecule has 0 aliphatic carbocycles. The molecule has 1 rings (SSSR count). The predicted octanol–water partition coefficient (Wildman–Crippen LogP) is 2.09. The first-order valence-electron chi connectivity index (χ1n) is 5.94. The highest BCUT2D eigenvalue weighted by molar-refractivity contribution is 9.10. The first kappa shape index (κ1) is 15.1. The van der Waals surface area contributed by atoms with Gasteiger partial charge in [0, 0.05) is 11.0 Å². The molecule has 0 radical (unpaired) electrons. The minimum absolute atomic E-state index is 0.0901. The van der Waals surface area contributed by atoms with Crippen LogP contribution in [0, 0.1) is 0 Å².